The summed E-state index contributed by atoms with van der Waals surface area (Å²) >= 11 is 0. The Morgan fingerprint density at radius 2 is 1.95 bits per heavy atom. The van der Waals surface area contributed by atoms with E-state index in [-0.39, 0.29) is 5.41 Å². The first kappa shape index (κ1) is 16.0. The van der Waals surface area contributed by atoms with E-state index in [9.17, 15) is 0 Å². The zero-order valence-corrected chi connectivity index (χ0v) is 13.9. The van der Waals surface area contributed by atoms with Gasteiger partial charge < -0.3 is 10.1 Å². The summed E-state index contributed by atoms with van der Waals surface area (Å²) in [6.45, 7) is 12.6. The number of nitrogens with zero attached hydrogens (tertiary/aromatic N) is 1. The Kier molecular flexibility index (Phi) is 5.27. The molecule has 2 unspecified atom stereocenters. The molecule has 1 heterocycles. The first-order valence-corrected chi connectivity index (χ1v) is 8.08. The highest BCUT2D eigenvalue weighted by atomic mass is 16.5. The lowest BCUT2D eigenvalue weighted by atomic mass is 9.64. The summed E-state index contributed by atoms with van der Waals surface area (Å²) in [4.78, 5) is 2.56. The van der Waals surface area contributed by atoms with Crippen LogP contribution in [-0.4, -0.2) is 49.8 Å². The molecule has 3 nitrogen and oxygen atoms in total. The number of allylic oxidation sites excluding steroid dienone is 1. The molecule has 2 aliphatic rings. The molecule has 1 aliphatic carbocycles. The molecule has 0 aromatic heterocycles. The van der Waals surface area contributed by atoms with Crippen LogP contribution in [0.5, 0.6) is 0 Å². The zero-order valence-electron chi connectivity index (χ0n) is 13.9. The summed E-state index contributed by atoms with van der Waals surface area (Å²) in [5, 5.41) is 3.87. The molecule has 20 heavy (non-hydrogen) atoms. The van der Waals surface area contributed by atoms with E-state index >= 15 is 0 Å². The Balaban J connectivity index is 1.72. The molecule has 116 valence electrons. The Labute approximate surface area is 124 Å². The van der Waals surface area contributed by atoms with E-state index in [1.807, 2.05) is 7.11 Å². The largest absolute Gasteiger partial charge is 0.381 e. The molecule has 0 radical (unpaired) electrons. The van der Waals surface area contributed by atoms with Gasteiger partial charge in [-0.15, -0.1) is 0 Å². The Morgan fingerprint density at radius 1 is 1.30 bits per heavy atom. The van der Waals surface area contributed by atoms with Crippen molar-refractivity contribution < 1.29 is 4.74 Å². The maximum atomic E-state index is 5.54. The molecule has 1 saturated heterocycles. The van der Waals surface area contributed by atoms with E-state index < -0.39 is 0 Å². The number of rotatable bonds is 5. The molecule has 2 fully saturated rings. The van der Waals surface area contributed by atoms with Crippen LogP contribution < -0.4 is 5.32 Å². The van der Waals surface area contributed by atoms with Gasteiger partial charge in [-0.25, -0.2) is 0 Å². The Bertz CT molecular complexity index is 339. The zero-order chi connectivity index (χ0) is 14.8. The molecule has 2 rings (SSSR count). The second kappa shape index (κ2) is 6.59. The number of hydrogen-bond acceptors (Lipinski definition) is 3. The molecular weight excluding hydrogens is 248 g/mol. The van der Waals surface area contributed by atoms with Crippen molar-refractivity contribution in [3.05, 3.63) is 11.6 Å². The fourth-order valence-electron chi connectivity index (χ4n) is 3.45. The minimum absolute atomic E-state index is 0.286. The summed E-state index contributed by atoms with van der Waals surface area (Å²) in [6.07, 6.45) is 6.49. The summed E-state index contributed by atoms with van der Waals surface area (Å²) in [6, 6.07) is 1.32. The van der Waals surface area contributed by atoms with Gasteiger partial charge >= 0.3 is 0 Å². The van der Waals surface area contributed by atoms with Gasteiger partial charge in [0.2, 0.25) is 0 Å². The monoisotopic (exact) mass is 280 g/mol. The first-order valence-electron chi connectivity index (χ1n) is 8.08. The van der Waals surface area contributed by atoms with Crippen molar-refractivity contribution in [2.24, 2.45) is 5.41 Å². The molecule has 0 aromatic carbocycles. The molecule has 2 atom stereocenters. The Hall–Kier alpha value is -0.380. The second-order valence-corrected chi connectivity index (χ2v) is 7.36. The minimum atomic E-state index is 0.286. The van der Waals surface area contributed by atoms with Crippen LogP contribution in [0.2, 0.25) is 0 Å². The van der Waals surface area contributed by atoms with Crippen molar-refractivity contribution in [3.8, 4) is 0 Å². The normalized spacial score (nSPS) is 30.9. The van der Waals surface area contributed by atoms with E-state index in [1.54, 1.807) is 0 Å². The fraction of sp³-hybridized carbons (Fsp3) is 0.882. The highest BCUT2D eigenvalue weighted by molar-refractivity contribution is 5.04. The average Bonchev–Trinajstić information content (AvgIpc) is 2.42. The van der Waals surface area contributed by atoms with Gasteiger partial charge in [-0.05, 0) is 46.2 Å². The van der Waals surface area contributed by atoms with Crippen molar-refractivity contribution >= 4 is 0 Å². The maximum absolute atomic E-state index is 5.54. The van der Waals surface area contributed by atoms with Crippen LogP contribution in [0, 0.1) is 5.41 Å². The van der Waals surface area contributed by atoms with Crippen LogP contribution in [0.1, 0.15) is 47.0 Å². The Morgan fingerprint density at radius 3 is 2.45 bits per heavy atom. The van der Waals surface area contributed by atoms with Crippen molar-refractivity contribution in [3.63, 3.8) is 0 Å². The van der Waals surface area contributed by atoms with Gasteiger partial charge in [-0.3, -0.25) is 4.90 Å². The summed E-state index contributed by atoms with van der Waals surface area (Å²) in [7, 11) is 1.84. The van der Waals surface area contributed by atoms with Crippen LogP contribution in [0.25, 0.3) is 0 Å². The van der Waals surface area contributed by atoms with Crippen LogP contribution in [0.3, 0.4) is 0 Å². The van der Waals surface area contributed by atoms with Gasteiger partial charge in [0.05, 0.1) is 6.10 Å². The van der Waals surface area contributed by atoms with Gasteiger partial charge in [-0.2, -0.15) is 0 Å². The lowest BCUT2D eigenvalue weighted by Gasteiger charge is -2.53. The standard InChI is InChI=1S/C17H32N2O/c1-13(2)6-9-19-10-7-14(8-11-19)18-15-12-16(20-5)17(15,3)4/h6,14-16,18H,7-12H2,1-5H3. The molecule has 1 saturated carbocycles. The maximum Gasteiger partial charge on any atom is 0.0652 e. The second-order valence-electron chi connectivity index (χ2n) is 7.36. The number of hydrogen-bond donors (Lipinski definition) is 1. The SMILES string of the molecule is COC1CC(NC2CCN(CC=C(C)C)CC2)C1(C)C. The fourth-order valence-corrected chi connectivity index (χ4v) is 3.45. The van der Waals surface area contributed by atoms with Gasteiger partial charge in [0.25, 0.3) is 0 Å². The van der Waals surface area contributed by atoms with Crippen LogP contribution in [0.15, 0.2) is 11.6 Å². The molecule has 0 aromatic rings. The third-order valence-electron chi connectivity index (χ3n) is 5.24. The lowest BCUT2D eigenvalue weighted by Crippen LogP contribution is -2.63. The number of piperidine rings is 1. The molecule has 0 bridgehead atoms. The summed E-state index contributed by atoms with van der Waals surface area (Å²) in [5.74, 6) is 0. The van der Waals surface area contributed by atoms with Crippen LogP contribution >= 0.6 is 0 Å². The van der Waals surface area contributed by atoms with Crippen molar-refractivity contribution in [2.45, 2.75) is 65.1 Å². The van der Waals surface area contributed by atoms with E-state index in [0.29, 0.717) is 18.2 Å². The van der Waals surface area contributed by atoms with Gasteiger partial charge in [-0.1, -0.05) is 25.5 Å². The van der Waals surface area contributed by atoms with E-state index in [1.165, 1.54) is 37.9 Å². The highest BCUT2D eigenvalue weighted by Gasteiger charge is 2.48. The van der Waals surface area contributed by atoms with E-state index in [2.05, 4.69) is 44.0 Å². The molecular formula is C17H32N2O. The van der Waals surface area contributed by atoms with Gasteiger partial charge in [0.15, 0.2) is 0 Å². The molecule has 0 amide bonds. The molecule has 1 N–H and O–H groups in total. The van der Waals surface area contributed by atoms with Gasteiger partial charge in [0, 0.05) is 31.2 Å². The molecule has 3 heteroatoms. The topological polar surface area (TPSA) is 24.5 Å². The predicted octanol–water partition coefficient (Wildman–Crippen LogP) is 2.82. The number of methoxy groups -OCH3 is 1. The average molecular weight is 280 g/mol. The predicted molar refractivity (Wildman–Crippen MR) is 85.0 cm³/mol. The van der Waals surface area contributed by atoms with E-state index in [0.717, 1.165) is 6.54 Å². The molecule has 1 aliphatic heterocycles. The quantitative estimate of drug-likeness (QED) is 0.784. The number of ether oxygens (including phenoxy) is 1. The van der Waals surface area contributed by atoms with Crippen molar-refractivity contribution in [1.29, 1.82) is 0 Å². The minimum Gasteiger partial charge on any atom is -0.381 e. The molecule has 0 spiro atoms. The summed E-state index contributed by atoms with van der Waals surface area (Å²) in [5.41, 5.74) is 1.71. The smallest absolute Gasteiger partial charge is 0.0652 e. The first-order chi connectivity index (χ1) is 9.43. The number of likely N-dealkylation sites (tertiary alicyclic amines) is 1. The van der Waals surface area contributed by atoms with Crippen LogP contribution in [0.4, 0.5) is 0 Å². The third kappa shape index (κ3) is 3.63. The third-order valence-corrected chi connectivity index (χ3v) is 5.24. The summed E-state index contributed by atoms with van der Waals surface area (Å²) < 4.78 is 5.54. The lowest BCUT2D eigenvalue weighted by molar-refractivity contribution is -0.101. The van der Waals surface area contributed by atoms with Crippen LogP contribution in [-0.2, 0) is 4.74 Å². The van der Waals surface area contributed by atoms with Crippen molar-refractivity contribution in [2.75, 3.05) is 26.7 Å². The van der Waals surface area contributed by atoms with Crippen molar-refractivity contribution in [1.82, 2.24) is 10.2 Å². The van der Waals surface area contributed by atoms with E-state index in [4.69, 9.17) is 4.74 Å². The highest BCUT2D eigenvalue weighted by Crippen LogP contribution is 2.42. The number of nitrogens with one attached hydrogen (secondary N) is 1. The van der Waals surface area contributed by atoms with Gasteiger partial charge in [0.1, 0.15) is 0 Å².